The molecule has 0 aliphatic carbocycles. The van der Waals surface area contributed by atoms with Crippen molar-refractivity contribution in [2.75, 3.05) is 0 Å². The van der Waals surface area contributed by atoms with E-state index < -0.39 is 0 Å². The maximum atomic E-state index is 3.89. The molecule has 0 spiro atoms. The number of hydrogen-bond acceptors (Lipinski definition) is 1. The summed E-state index contributed by atoms with van der Waals surface area (Å²) in [5.41, 5.74) is 0. The maximum absolute atomic E-state index is 3.89. The fourth-order valence-corrected chi connectivity index (χ4v) is 1.35. The molecule has 0 amide bonds. The number of hydrogen-bond donors (Lipinski definition) is 0. The summed E-state index contributed by atoms with van der Waals surface area (Å²) in [7, 11) is 0. The second-order valence-electron chi connectivity index (χ2n) is 1.99. The van der Waals surface area contributed by atoms with Crippen LogP contribution in [0.25, 0.3) is 12.7 Å². The second-order valence-corrected chi connectivity index (χ2v) is 2.99. The maximum Gasteiger partial charge on any atom is 0.0270 e. The molecule has 1 aromatic rings. The first-order valence-corrected chi connectivity index (χ1v) is 4.08. The molecule has 1 aromatic heterocycles. The number of allylic oxidation sites excluding steroid dienone is 2. The van der Waals surface area contributed by atoms with E-state index in [2.05, 4.69) is 24.1 Å². The molecule has 10 heavy (non-hydrogen) atoms. The average Bonchev–Trinajstić information content (AvgIpc) is 2.31. The lowest BCUT2D eigenvalue weighted by Gasteiger charge is -1.71. The fraction of sp³-hybridized carbons (Fsp3) is 0.111. The van der Waals surface area contributed by atoms with Gasteiger partial charge in [0.05, 0.1) is 0 Å². The van der Waals surface area contributed by atoms with Crippen molar-refractivity contribution in [2.45, 2.75) is 6.92 Å². The molecule has 0 aliphatic heterocycles. The first-order valence-electron chi connectivity index (χ1n) is 3.20. The monoisotopic (exact) mass is 150 g/mol. The third kappa shape index (κ3) is 1.58. The van der Waals surface area contributed by atoms with Gasteiger partial charge in [0.2, 0.25) is 0 Å². The van der Waals surface area contributed by atoms with Crippen molar-refractivity contribution in [2.24, 2.45) is 0 Å². The zero-order valence-corrected chi connectivity index (χ0v) is 6.82. The minimum Gasteiger partial charge on any atom is -0.144 e. The molecule has 0 saturated heterocycles. The van der Waals surface area contributed by atoms with E-state index in [1.54, 1.807) is 11.3 Å². The largest absolute Gasteiger partial charge is 0.144 e. The number of rotatable bonds is 1. The Kier molecular flexibility index (Phi) is 2.46. The molecule has 0 N–H and O–H groups in total. The van der Waals surface area contributed by atoms with E-state index in [1.807, 2.05) is 19.1 Å². The van der Waals surface area contributed by atoms with Crippen LogP contribution in [0.3, 0.4) is 0 Å². The minimum atomic E-state index is 1.14. The van der Waals surface area contributed by atoms with Crippen LogP contribution in [0.15, 0.2) is 23.6 Å². The van der Waals surface area contributed by atoms with Crippen LogP contribution in [-0.2, 0) is 0 Å². The smallest absolute Gasteiger partial charge is 0.0270 e. The molecule has 0 bridgehead atoms. The lowest BCUT2D eigenvalue weighted by molar-refractivity contribution is 1.71. The highest BCUT2D eigenvalue weighted by atomic mass is 32.1. The highest BCUT2D eigenvalue weighted by Crippen LogP contribution is 1.79. The van der Waals surface area contributed by atoms with Gasteiger partial charge in [-0.15, -0.1) is 11.3 Å². The quantitative estimate of drug-likeness (QED) is 0.569. The molecule has 52 valence electrons. The van der Waals surface area contributed by atoms with Crippen LogP contribution in [0.1, 0.15) is 6.92 Å². The lowest BCUT2D eigenvalue weighted by Crippen LogP contribution is -2.14. The Labute approximate surface area is 64.8 Å². The predicted molar refractivity (Wildman–Crippen MR) is 48.4 cm³/mol. The molecule has 0 nitrogen and oxygen atoms in total. The van der Waals surface area contributed by atoms with Gasteiger partial charge >= 0.3 is 0 Å². The molecule has 0 atom stereocenters. The Bertz CT molecular complexity index is 317. The molecule has 0 radical (unpaired) electrons. The minimum absolute atomic E-state index is 1.14. The van der Waals surface area contributed by atoms with Crippen molar-refractivity contribution in [3.8, 4) is 0 Å². The van der Waals surface area contributed by atoms with Gasteiger partial charge in [-0.05, 0) is 23.6 Å². The lowest BCUT2D eigenvalue weighted by atomic mass is 10.4. The third-order valence-corrected chi connectivity index (χ3v) is 2.04. The Morgan fingerprint density at radius 3 is 2.90 bits per heavy atom. The normalized spacial score (nSPS) is 13.1. The van der Waals surface area contributed by atoms with Crippen molar-refractivity contribution in [1.82, 2.24) is 0 Å². The van der Waals surface area contributed by atoms with Crippen molar-refractivity contribution in [3.05, 3.63) is 33.3 Å². The second kappa shape index (κ2) is 3.37. The molecule has 0 aromatic carbocycles. The van der Waals surface area contributed by atoms with Gasteiger partial charge in [-0.25, -0.2) is 0 Å². The van der Waals surface area contributed by atoms with Gasteiger partial charge in [0.1, 0.15) is 0 Å². The van der Waals surface area contributed by atoms with Crippen LogP contribution in [0, 0.1) is 0 Å². The van der Waals surface area contributed by atoms with E-state index in [9.17, 15) is 0 Å². The Hall–Kier alpha value is -0.820. The van der Waals surface area contributed by atoms with E-state index in [1.165, 1.54) is 5.22 Å². The Morgan fingerprint density at radius 1 is 1.60 bits per heavy atom. The van der Waals surface area contributed by atoms with Crippen LogP contribution in [0.4, 0.5) is 0 Å². The summed E-state index contributed by atoms with van der Waals surface area (Å²) in [6, 6.07) is 2.08. The SMILES string of the molecule is C=c1scc/c1=C/C=C\C. The molecule has 1 heteroatoms. The van der Waals surface area contributed by atoms with E-state index in [0.29, 0.717) is 0 Å². The van der Waals surface area contributed by atoms with Gasteiger partial charge < -0.3 is 0 Å². The van der Waals surface area contributed by atoms with E-state index >= 15 is 0 Å². The van der Waals surface area contributed by atoms with Gasteiger partial charge in [-0.1, -0.05) is 24.8 Å². The molecule has 0 aliphatic rings. The van der Waals surface area contributed by atoms with Gasteiger partial charge in [-0.2, -0.15) is 0 Å². The summed E-state index contributed by atoms with van der Waals surface area (Å²) >= 11 is 1.68. The first kappa shape index (κ1) is 7.29. The molecule has 1 heterocycles. The first-order chi connectivity index (χ1) is 4.84. The molecular weight excluding hydrogens is 140 g/mol. The predicted octanol–water partition coefficient (Wildman–Crippen LogP) is 1.52. The van der Waals surface area contributed by atoms with Crippen molar-refractivity contribution < 1.29 is 0 Å². The van der Waals surface area contributed by atoms with Gasteiger partial charge in [0.15, 0.2) is 0 Å². The van der Waals surface area contributed by atoms with Crippen molar-refractivity contribution >= 4 is 24.0 Å². The number of thiophene rings is 1. The molecular formula is C9H10S. The highest BCUT2D eigenvalue weighted by molar-refractivity contribution is 7.07. The fourth-order valence-electron chi connectivity index (χ4n) is 0.699. The summed E-state index contributed by atoms with van der Waals surface area (Å²) < 4.78 is 1.14. The standard InChI is InChI=1S/C9H10S/c1-3-4-5-9-6-7-10-8(9)2/h3-7H,2H2,1H3/b4-3-,9-5-. The van der Waals surface area contributed by atoms with Gasteiger partial charge in [-0.3, -0.25) is 0 Å². The van der Waals surface area contributed by atoms with Crippen LogP contribution in [-0.4, -0.2) is 0 Å². The molecule has 1 rings (SSSR count). The summed E-state index contributed by atoms with van der Waals surface area (Å²) in [6.45, 7) is 5.89. The summed E-state index contributed by atoms with van der Waals surface area (Å²) in [4.78, 5) is 0. The van der Waals surface area contributed by atoms with E-state index in [-0.39, 0.29) is 0 Å². The van der Waals surface area contributed by atoms with E-state index in [4.69, 9.17) is 0 Å². The molecule has 0 unspecified atom stereocenters. The van der Waals surface area contributed by atoms with Crippen molar-refractivity contribution in [1.29, 1.82) is 0 Å². The summed E-state index contributed by atoms with van der Waals surface area (Å²) in [5.74, 6) is 0. The van der Waals surface area contributed by atoms with Crippen LogP contribution >= 0.6 is 11.3 Å². The van der Waals surface area contributed by atoms with E-state index in [0.717, 1.165) is 4.53 Å². The average molecular weight is 150 g/mol. The summed E-state index contributed by atoms with van der Waals surface area (Å²) in [6.07, 6.45) is 6.10. The van der Waals surface area contributed by atoms with Crippen LogP contribution in [0.2, 0.25) is 0 Å². The zero-order valence-electron chi connectivity index (χ0n) is 6.00. The molecule has 0 saturated carbocycles. The third-order valence-electron chi connectivity index (χ3n) is 1.25. The Balaban J connectivity index is 3.16. The van der Waals surface area contributed by atoms with Gasteiger partial charge in [0, 0.05) is 4.53 Å². The molecule has 0 fully saturated rings. The van der Waals surface area contributed by atoms with Crippen molar-refractivity contribution in [3.63, 3.8) is 0 Å². The summed E-state index contributed by atoms with van der Waals surface area (Å²) in [5, 5.41) is 3.28. The Morgan fingerprint density at radius 2 is 2.40 bits per heavy atom. The zero-order chi connectivity index (χ0) is 7.40. The topological polar surface area (TPSA) is 0 Å². The van der Waals surface area contributed by atoms with Crippen LogP contribution < -0.4 is 9.75 Å². The van der Waals surface area contributed by atoms with Gasteiger partial charge in [0.25, 0.3) is 0 Å². The van der Waals surface area contributed by atoms with Crippen LogP contribution in [0.5, 0.6) is 0 Å². The highest BCUT2D eigenvalue weighted by Gasteiger charge is 1.78.